The van der Waals surface area contributed by atoms with Crippen LogP contribution in [0.1, 0.15) is 31.2 Å². The van der Waals surface area contributed by atoms with Crippen LogP contribution < -0.4 is 15.5 Å². The standard InChI is InChI=1S/C22H34N6.HI/c1-4-23-22(24-12-8-13-28-19(3)15-18(2)26-28)25-16-20-11-14-27(17-20)21-9-6-5-7-10-21;/h5-7,9-10,15,20H,4,8,11-14,16-17H2,1-3H3,(H2,23,24,25);1H. The summed E-state index contributed by atoms with van der Waals surface area (Å²) in [4.78, 5) is 7.30. The van der Waals surface area contributed by atoms with Gasteiger partial charge in [-0.2, -0.15) is 5.10 Å². The van der Waals surface area contributed by atoms with Crippen molar-refractivity contribution in [3.05, 3.63) is 47.8 Å². The van der Waals surface area contributed by atoms with Crippen LogP contribution in [0.3, 0.4) is 0 Å². The minimum Gasteiger partial charge on any atom is -0.371 e. The van der Waals surface area contributed by atoms with Gasteiger partial charge in [0.1, 0.15) is 0 Å². The molecule has 0 radical (unpaired) electrons. The molecule has 1 atom stereocenters. The molecule has 1 aliphatic rings. The van der Waals surface area contributed by atoms with Gasteiger partial charge in [-0.05, 0) is 57.7 Å². The van der Waals surface area contributed by atoms with E-state index in [1.54, 1.807) is 0 Å². The predicted octanol–water partition coefficient (Wildman–Crippen LogP) is 3.59. The van der Waals surface area contributed by atoms with Crippen molar-refractivity contribution >= 4 is 35.6 Å². The molecule has 3 rings (SSSR count). The number of nitrogens with zero attached hydrogens (tertiary/aromatic N) is 4. The number of hydrogen-bond acceptors (Lipinski definition) is 3. The first-order chi connectivity index (χ1) is 13.7. The third kappa shape index (κ3) is 7.21. The first kappa shape index (κ1) is 23.5. The second kappa shape index (κ2) is 12.0. The van der Waals surface area contributed by atoms with Gasteiger partial charge in [-0.15, -0.1) is 24.0 Å². The van der Waals surface area contributed by atoms with Gasteiger partial charge in [0.25, 0.3) is 0 Å². The lowest BCUT2D eigenvalue weighted by Crippen LogP contribution is -2.38. The number of aliphatic imine (C=N–C) groups is 1. The molecule has 7 heteroatoms. The second-order valence-corrected chi connectivity index (χ2v) is 7.59. The highest BCUT2D eigenvalue weighted by molar-refractivity contribution is 14.0. The van der Waals surface area contributed by atoms with Crippen molar-refractivity contribution in [2.75, 3.05) is 37.6 Å². The number of guanidine groups is 1. The second-order valence-electron chi connectivity index (χ2n) is 7.59. The first-order valence-electron chi connectivity index (χ1n) is 10.5. The highest BCUT2D eigenvalue weighted by Gasteiger charge is 2.22. The molecule has 1 aromatic heterocycles. The lowest BCUT2D eigenvalue weighted by molar-refractivity contribution is 0.553. The Balaban J connectivity index is 0.00000300. The summed E-state index contributed by atoms with van der Waals surface area (Å²) in [5.41, 5.74) is 3.63. The quantitative estimate of drug-likeness (QED) is 0.247. The molecule has 2 N–H and O–H groups in total. The number of anilines is 1. The fourth-order valence-corrected chi connectivity index (χ4v) is 3.75. The van der Waals surface area contributed by atoms with Gasteiger partial charge in [0, 0.05) is 50.6 Å². The number of para-hydroxylation sites is 1. The molecule has 6 nitrogen and oxygen atoms in total. The molecule has 1 unspecified atom stereocenters. The molecular weight excluding hydrogens is 475 g/mol. The van der Waals surface area contributed by atoms with Gasteiger partial charge in [-0.25, -0.2) is 0 Å². The van der Waals surface area contributed by atoms with Crippen LogP contribution in [0.4, 0.5) is 5.69 Å². The molecular formula is C22H35IN6. The highest BCUT2D eigenvalue weighted by atomic mass is 127. The number of benzene rings is 1. The van der Waals surface area contributed by atoms with Crippen LogP contribution in [-0.2, 0) is 6.54 Å². The molecule has 2 aromatic rings. The maximum Gasteiger partial charge on any atom is 0.191 e. The number of aryl methyl sites for hydroxylation is 3. The van der Waals surface area contributed by atoms with Crippen molar-refractivity contribution in [3.63, 3.8) is 0 Å². The molecule has 0 aliphatic carbocycles. The molecule has 1 aliphatic heterocycles. The largest absolute Gasteiger partial charge is 0.371 e. The summed E-state index contributed by atoms with van der Waals surface area (Å²) in [6.07, 6.45) is 2.23. The summed E-state index contributed by atoms with van der Waals surface area (Å²) in [5, 5.41) is 11.4. The van der Waals surface area contributed by atoms with E-state index in [1.807, 2.05) is 6.92 Å². The van der Waals surface area contributed by atoms with Gasteiger partial charge in [0.05, 0.1) is 5.69 Å². The van der Waals surface area contributed by atoms with E-state index < -0.39 is 0 Å². The topological polar surface area (TPSA) is 57.5 Å². The summed E-state index contributed by atoms with van der Waals surface area (Å²) in [6, 6.07) is 12.8. The zero-order valence-electron chi connectivity index (χ0n) is 17.9. The fraction of sp³-hybridized carbons (Fsp3) is 0.545. The Morgan fingerprint density at radius 1 is 1.21 bits per heavy atom. The van der Waals surface area contributed by atoms with Crippen LogP contribution in [-0.4, -0.2) is 48.5 Å². The Bertz CT molecular complexity index is 758. The maximum atomic E-state index is 4.84. The van der Waals surface area contributed by atoms with Crippen LogP contribution >= 0.6 is 24.0 Å². The van der Waals surface area contributed by atoms with Crippen LogP contribution in [0.25, 0.3) is 0 Å². The first-order valence-corrected chi connectivity index (χ1v) is 10.5. The Kier molecular flexibility index (Phi) is 9.76. The Hall–Kier alpha value is -1.77. The van der Waals surface area contributed by atoms with Crippen LogP contribution in [0.5, 0.6) is 0 Å². The van der Waals surface area contributed by atoms with E-state index in [4.69, 9.17) is 4.99 Å². The third-order valence-corrected chi connectivity index (χ3v) is 5.20. The van der Waals surface area contributed by atoms with Crippen molar-refractivity contribution in [2.45, 2.75) is 40.2 Å². The van der Waals surface area contributed by atoms with E-state index in [0.717, 1.165) is 57.3 Å². The number of rotatable bonds is 8. The smallest absolute Gasteiger partial charge is 0.191 e. The number of hydrogen-bond donors (Lipinski definition) is 2. The zero-order chi connectivity index (χ0) is 19.8. The lowest BCUT2D eigenvalue weighted by Gasteiger charge is -2.18. The van der Waals surface area contributed by atoms with Crippen molar-refractivity contribution < 1.29 is 0 Å². The van der Waals surface area contributed by atoms with Crippen molar-refractivity contribution in [3.8, 4) is 0 Å². The summed E-state index contributed by atoms with van der Waals surface area (Å²) >= 11 is 0. The SMILES string of the molecule is CCNC(=NCC1CCN(c2ccccc2)C1)NCCCn1nc(C)cc1C.I. The number of aromatic nitrogens is 2. The molecule has 29 heavy (non-hydrogen) atoms. The van der Waals surface area contributed by atoms with E-state index in [1.165, 1.54) is 17.8 Å². The molecule has 160 valence electrons. The van der Waals surface area contributed by atoms with Gasteiger partial charge in [0.15, 0.2) is 5.96 Å². The van der Waals surface area contributed by atoms with E-state index in [-0.39, 0.29) is 24.0 Å². The van der Waals surface area contributed by atoms with Gasteiger partial charge >= 0.3 is 0 Å². The van der Waals surface area contributed by atoms with E-state index in [9.17, 15) is 0 Å². The molecule has 1 aromatic carbocycles. The maximum absolute atomic E-state index is 4.84. The number of halogens is 1. The lowest BCUT2D eigenvalue weighted by atomic mass is 10.1. The molecule has 0 amide bonds. The van der Waals surface area contributed by atoms with Gasteiger partial charge in [-0.3, -0.25) is 9.67 Å². The monoisotopic (exact) mass is 510 g/mol. The summed E-state index contributed by atoms with van der Waals surface area (Å²) < 4.78 is 2.08. The van der Waals surface area contributed by atoms with E-state index in [2.05, 4.69) is 75.6 Å². The minimum atomic E-state index is 0. The van der Waals surface area contributed by atoms with Crippen molar-refractivity contribution in [1.82, 2.24) is 20.4 Å². The Morgan fingerprint density at radius 2 is 2.00 bits per heavy atom. The van der Waals surface area contributed by atoms with Gasteiger partial charge in [-0.1, -0.05) is 18.2 Å². The predicted molar refractivity (Wildman–Crippen MR) is 132 cm³/mol. The fourth-order valence-electron chi connectivity index (χ4n) is 3.75. The molecule has 2 heterocycles. The van der Waals surface area contributed by atoms with E-state index >= 15 is 0 Å². The Labute approximate surface area is 192 Å². The minimum absolute atomic E-state index is 0. The average Bonchev–Trinajstić information content (AvgIpc) is 3.30. The van der Waals surface area contributed by atoms with Crippen LogP contribution in [0.2, 0.25) is 0 Å². The number of nitrogens with one attached hydrogen (secondary N) is 2. The van der Waals surface area contributed by atoms with Gasteiger partial charge < -0.3 is 15.5 Å². The summed E-state index contributed by atoms with van der Waals surface area (Å²) in [6.45, 7) is 12.0. The molecule has 1 saturated heterocycles. The third-order valence-electron chi connectivity index (χ3n) is 5.20. The van der Waals surface area contributed by atoms with Gasteiger partial charge in [0.2, 0.25) is 0 Å². The molecule has 0 spiro atoms. The normalized spacial score (nSPS) is 16.6. The van der Waals surface area contributed by atoms with E-state index in [0.29, 0.717) is 5.92 Å². The highest BCUT2D eigenvalue weighted by Crippen LogP contribution is 2.23. The van der Waals surface area contributed by atoms with Crippen LogP contribution in [0, 0.1) is 19.8 Å². The summed E-state index contributed by atoms with van der Waals surface area (Å²) in [7, 11) is 0. The van der Waals surface area contributed by atoms with Crippen molar-refractivity contribution in [1.29, 1.82) is 0 Å². The zero-order valence-corrected chi connectivity index (χ0v) is 20.2. The average molecular weight is 510 g/mol. The Morgan fingerprint density at radius 3 is 2.69 bits per heavy atom. The molecule has 0 saturated carbocycles. The van der Waals surface area contributed by atoms with Crippen molar-refractivity contribution in [2.24, 2.45) is 10.9 Å². The van der Waals surface area contributed by atoms with Crippen LogP contribution in [0.15, 0.2) is 41.4 Å². The molecule has 1 fully saturated rings. The summed E-state index contributed by atoms with van der Waals surface area (Å²) in [5.74, 6) is 1.54. The molecule has 0 bridgehead atoms.